The first kappa shape index (κ1) is 12.3. The van der Waals surface area contributed by atoms with Gasteiger partial charge in [0.1, 0.15) is 0 Å². The van der Waals surface area contributed by atoms with Crippen molar-refractivity contribution in [1.82, 2.24) is 0 Å². The Kier molecular flexibility index (Phi) is 3.14. The lowest BCUT2D eigenvalue weighted by Gasteiger charge is -2.12. The average Bonchev–Trinajstić information content (AvgIpc) is 2.66. The van der Waals surface area contributed by atoms with Crippen LogP contribution in [0, 0.1) is 5.92 Å². The number of carboxylic acids is 1. The summed E-state index contributed by atoms with van der Waals surface area (Å²) in [5, 5.41) is 14.4. The van der Waals surface area contributed by atoms with Crippen LogP contribution in [-0.2, 0) is 4.79 Å². The Balaban J connectivity index is 2.30. The maximum Gasteiger partial charge on any atom is 0.335 e. The van der Waals surface area contributed by atoms with Crippen molar-refractivity contribution < 1.29 is 14.7 Å². The van der Waals surface area contributed by atoms with Crippen LogP contribution in [0.3, 0.4) is 0 Å². The number of hydrazone groups is 1. The van der Waals surface area contributed by atoms with Crippen molar-refractivity contribution in [3.8, 4) is 0 Å². The molecular weight excluding hydrogens is 232 g/mol. The standard InChI is InChI=1S/C13H14N2O3/c1-3-11-8(2)12(16)15(14-11)10-6-4-9(5-7-10)13(17)18/h4-8H,3H2,1-2H3,(H,17,18). The summed E-state index contributed by atoms with van der Waals surface area (Å²) in [4.78, 5) is 22.7. The molecule has 18 heavy (non-hydrogen) atoms. The number of carboxylic acid groups (broad SMARTS) is 1. The van der Waals surface area contributed by atoms with E-state index in [1.807, 2.05) is 13.8 Å². The molecular formula is C13H14N2O3. The van der Waals surface area contributed by atoms with Crippen LogP contribution in [0.1, 0.15) is 30.6 Å². The van der Waals surface area contributed by atoms with Crippen LogP contribution in [0.25, 0.3) is 0 Å². The van der Waals surface area contributed by atoms with Crippen LogP contribution in [-0.4, -0.2) is 22.7 Å². The van der Waals surface area contributed by atoms with Gasteiger partial charge in [-0.3, -0.25) is 4.79 Å². The molecule has 1 aliphatic rings. The smallest absolute Gasteiger partial charge is 0.335 e. The average molecular weight is 246 g/mol. The van der Waals surface area contributed by atoms with Gasteiger partial charge in [-0.25, -0.2) is 9.80 Å². The Labute approximate surface area is 105 Å². The second-order valence-electron chi connectivity index (χ2n) is 4.17. The van der Waals surface area contributed by atoms with Gasteiger partial charge in [0.25, 0.3) is 5.91 Å². The zero-order chi connectivity index (χ0) is 13.3. The third-order valence-corrected chi connectivity index (χ3v) is 3.03. The molecule has 0 radical (unpaired) electrons. The topological polar surface area (TPSA) is 70.0 Å². The highest BCUT2D eigenvalue weighted by Gasteiger charge is 2.31. The van der Waals surface area contributed by atoms with Crippen molar-refractivity contribution >= 4 is 23.3 Å². The zero-order valence-electron chi connectivity index (χ0n) is 10.3. The third kappa shape index (κ3) is 1.99. The van der Waals surface area contributed by atoms with E-state index in [2.05, 4.69) is 5.10 Å². The highest BCUT2D eigenvalue weighted by Crippen LogP contribution is 2.24. The molecule has 1 aliphatic heterocycles. The van der Waals surface area contributed by atoms with E-state index in [0.29, 0.717) is 5.69 Å². The van der Waals surface area contributed by atoms with Gasteiger partial charge in [-0.05, 0) is 37.6 Å². The lowest BCUT2D eigenvalue weighted by molar-refractivity contribution is -0.119. The van der Waals surface area contributed by atoms with Crippen LogP contribution in [0.4, 0.5) is 5.69 Å². The number of carbonyl (C=O) groups excluding carboxylic acids is 1. The van der Waals surface area contributed by atoms with E-state index >= 15 is 0 Å². The van der Waals surface area contributed by atoms with Crippen LogP contribution in [0.2, 0.25) is 0 Å². The number of nitrogens with zero attached hydrogens (tertiary/aromatic N) is 2. The number of hydrogen-bond acceptors (Lipinski definition) is 3. The van der Waals surface area contributed by atoms with Crippen molar-refractivity contribution in [3.63, 3.8) is 0 Å². The number of hydrogen-bond donors (Lipinski definition) is 1. The summed E-state index contributed by atoms with van der Waals surface area (Å²) in [7, 11) is 0. The second-order valence-corrected chi connectivity index (χ2v) is 4.17. The van der Waals surface area contributed by atoms with Crippen LogP contribution in [0.15, 0.2) is 29.4 Å². The van der Waals surface area contributed by atoms with E-state index in [-0.39, 0.29) is 17.4 Å². The molecule has 94 valence electrons. The van der Waals surface area contributed by atoms with Gasteiger partial charge in [-0.2, -0.15) is 5.10 Å². The Morgan fingerprint density at radius 3 is 2.44 bits per heavy atom. The summed E-state index contributed by atoms with van der Waals surface area (Å²) < 4.78 is 0. The Morgan fingerprint density at radius 2 is 2.00 bits per heavy atom. The van der Waals surface area contributed by atoms with Crippen LogP contribution in [0.5, 0.6) is 0 Å². The second kappa shape index (κ2) is 4.60. The molecule has 1 aromatic rings. The summed E-state index contributed by atoms with van der Waals surface area (Å²) in [6.45, 7) is 3.79. The predicted molar refractivity (Wildman–Crippen MR) is 67.8 cm³/mol. The fraction of sp³-hybridized carbons (Fsp3) is 0.308. The zero-order valence-corrected chi connectivity index (χ0v) is 10.3. The predicted octanol–water partition coefficient (Wildman–Crippen LogP) is 2.13. The van der Waals surface area contributed by atoms with E-state index in [4.69, 9.17) is 5.11 Å². The number of benzene rings is 1. The molecule has 2 rings (SSSR count). The molecule has 1 aromatic carbocycles. The maximum absolute atomic E-state index is 12.0. The van der Waals surface area contributed by atoms with E-state index < -0.39 is 5.97 Å². The van der Waals surface area contributed by atoms with Crippen LogP contribution < -0.4 is 5.01 Å². The van der Waals surface area contributed by atoms with E-state index in [1.165, 1.54) is 17.1 Å². The number of amides is 1. The van der Waals surface area contributed by atoms with E-state index in [1.54, 1.807) is 12.1 Å². The highest BCUT2D eigenvalue weighted by atomic mass is 16.4. The van der Waals surface area contributed by atoms with Gasteiger partial charge in [0.15, 0.2) is 0 Å². The lowest BCUT2D eigenvalue weighted by atomic mass is 10.0. The van der Waals surface area contributed by atoms with Crippen LogP contribution >= 0.6 is 0 Å². The quantitative estimate of drug-likeness (QED) is 0.888. The van der Waals surface area contributed by atoms with Gasteiger partial charge in [0, 0.05) is 0 Å². The van der Waals surface area contributed by atoms with Crippen molar-refractivity contribution in [2.75, 3.05) is 5.01 Å². The van der Waals surface area contributed by atoms with Crippen molar-refractivity contribution in [2.45, 2.75) is 20.3 Å². The van der Waals surface area contributed by atoms with Gasteiger partial charge >= 0.3 is 5.97 Å². The Bertz CT molecular complexity index is 520. The molecule has 0 spiro atoms. The first-order valence-corrected chi connectivity index (χ1v) is 5.79. The highest BCUT2D eigenvalue weighted by molar-refractivity contribution is 6.15. The summed E-state index contributed by atoms with van der Waals surface area (Å²) in [5.74, 6) is -1.26. The number of carbonyl (C=O) groups is 2. The number of anilines is 1. The van der Waals surface area contributed by atoms with E-state index in [0.717, 1.165) is 12.1 Å². The Morgan fingerprint density at radius 1 is 1.39 bits per heavy atom. The molecule has 0 saturated carbocycles. The van der Waals surface area contributed by atoms with E-state index in [9.17, 15) is 9.59 Å². The largest absolute Gasteiger partial charge is 0.478 e. The van der Waals surface area contributed by atoms with Gasteiger partial charge in [0.2, 0.25) is 0 Å². The molecule has 0 aliphatic carbocycles. The summed E-state index contributed by atoms with van der Waals surface area (Å²) in [6, 6.07) is 6.12. The molecule has 1 atom stereocenters. The number of aromatic carboxylic acids is 1. The monoisotopic (exact) mass is 246 g/mol. The van der Waals surface area contributed by atoms with Crippen molar-refractivity contribution in [3.05, 3.63) is 29.8 Å². The van der Waals surface area contributed by atoms with Gasteiger partial charge in [-0.1, -0.05) is 6.92 Å². The molecule has 1 amide bonds. The molecule has 5 heteroatoms. The summed E-state index contributed by atoms with van der Waals surface area (Å²) >= 11 is 0. The molecule has 0 aromatic heterocycles. The summed E-state index contributed by atoms with van der Waals surface area (Å²) in [5.41, 5.74) is 1.64. The van der Waals surface area contributed by atoms with Crippen molar-refractivity contribution in [1.29, 1.82) is 0 Å². The lowest BCUT2D eigenvalue weighted by Crippen LogP contribution is -2.25. The summed E-state index contributed by atoms with van der Waals surface area (Å²) in [6.07, 6.45) is 0.733. The maximum atomic E-state index is 12.0. The fourth-order valence-electron chi connectivity index (χ4n) is 1.90. The minimum Gasteiger partial charge on any atom is -0.478 e. The van der Waals surface area contributed by atoms with Gasteiger partial charge in [0.05, 0.1) is 22.9 Å². The number of rotatable bonds is 3. The fourth-order valence-corrected chi connectivity index (χ4v) is 1.90. The molecule has 0 saturated heterocycles. The molecule has 5 nitrogen and oxygen atoms in total. The first-order valence-electron chi connectivity index (χ1n) is 5.79. The molecule has 0 bridgehead atoms. The Hall–Kier alpha value is -2.17. The third-order valence-electron chi connectivity index (χ3n) is 3.03. The molecule has 1 heterocycles. The minimum atomic E-state index is -0.986. The van der Waals surface area contributed by atoms with Crippen molar-refractivity contribution in [2.24, 2.45) is 11.0 Å². The molecule has 1 N–H and O–H groups in total. The molecule has 0 fully saturated rings. The van der Waals surface area contributed by atoms with Gasteiger partial charge < -0.3 is 5.11 Å². The van der Waals surface area contributed by atoms with Gasteiger partial charge in [-0.15, -0.1) is 0 Å². The molecule has 1 unspecified atom stereocenters. The minimum absolute atomic E-state index is 0.0741. The normalized spacial score (nSPS) is 19.0. The first-order chi connectivity index (χ1) is 8.54. The SMILES string of the molecule is CCC1=NN(c2ccc(C(=O)O)cc2)C(=O)C1C.